The number of hydrogen-bond acceptors (Lipinski definition) is 2. The average Bonchev–Trinajstić information content (AvgIpc) is 2.11. The van der Waals surface area contributed by atoms with E-state index in [1.807, 2.05) is 0 Å². The Bertz CT molecular complexity index is 93.8. The highest BCUT2D eigenvalue weighted by Gasteiger charge is 2.10. The Morgan fingerprint density at radius 2 is 1.83 bits per heavy atom. The molecule has 0 aliphatic carbocycles. The average molecular weight is 174 g/mol. The SMILES string of the molecule is CCCCC(CC(C)OC)OC. The predicted molar refractivity (Wildman–Crippen MR) is 51.4 cm³/mol. The molecule has 74 valence electrons. The third-order valence-corrected chi connectivity index (χ3v) is 2.21. The Morgan fingerprint density at radius 3 is 2.25 bits per heavy atom. The van der Waals surface area contributed by atoms with Crippen LogP contribution in [0.4, 0.5) is 0 Å². The second-order valence-electron chi connectivity index (χ2n) is 3.28. The van der Waals surface area contributed by atoms with E-state index < -0.39 is 0 Å². The second-order valence-corrected chi connectivity index (χ2v) is 3.28. The number of hydrogen-bond donors (Lipinski definition) is 0. The minimum absolute atomic E-state index is 0.312. The normalized spacial score (nSPS) is 16.0. The van der Waals surface area contributed by atoms with E-state index in [4.69, 9.17) is 9.47 Å². The fourth-order valence-electron chi connectivity index (χ4n) is 1.23. The van der Waals surface area contributed by atoms with Crippen molar-refractivity contribution in [2.45, 2.75) is 51.7 Å². The van der Waals surface area contributed by atoms with Gasteiger partial charge in [-0.3, -0.25) is 0 Å². The molecule has 0 bridgehead atoms. The van der Waals surface area contributed by atoms with Gasteiger partial charge in [-0.15, -0.1) is 0 Å². The largest absolute Gasteiger partial charge is 0.382 e. The fourth-order valence-corrected chi connectivity index (χ4v) is 1.23. The summed E-state index contributed by atoms with van der Waals surface area (Å²) in [4.78, 5) is 0. The van der Waals surface area contributed by atoms with Crippen molar-refractivity contribution in [1.29, 1.82) is 0 Å². The highest BCUT2D eigenvalue weighted by Crippen LogP contribution is 2.11. The highest BCUT2D eigenvalue weighted by molar-refractivity contribution is 4.62. The van der Waals surface area contributed by atoms with E-state index >= 15 is 0 Å². The summed E-state index contributed by atoms with van der Waals surface area (Å²) >= 11 is 0. The molecular weight excluding hydrogens is 152 g/mol. The van der Waals surface area contributed by atoms with Crippen LogP contribution in [-0.4, -0.2) is 26.4 Å². The van der Waals surface area contributed by atoms with E-state index in [0.29, 0.717) is 12.2 Å². The van der Waals surface area contributed by atoms with Gasteiger partial charge in [-0.25, -0.2) is 0 Å². The van der Waals surface area contributed by atoms with Crippen LogP contribution in [0.3, 0.4) is 0 Å². The van der Waals surface area contributed by atoms with Crippen LogP contribution in [-0.2, 0) is 9.47 Å². The van der Waals surface area contributed by atoms with Gasteiger partial charge in [-0.05, 0) is 19.8 Å². The summed E-state index contributed by atoms with van der Waals surface area (Å²) in [5.74, 6) is 0. The van der Waals surface area contributed by atoms with E-state index in [9.17, 15) is 0 Å². The molecule has 0 aromatic carbocycles. The maximum Gasteiger partial charge on any atom is 0.0596 e. The summed E-state index contributed by atoms with van der Waals surface area (Å²) in [7, 11) is 3.53. The second kappa shape index (κ2) is 7.56. The fraction of sp³-hybridized carbons (Fsp3) is 1.00. The first kappa shape index (κ1) is 11.9. The van der Waals surface area contributed by atoms with Crippen molar-refractivity contribution in [3.63, 3.8) is 0 Å². The highest BCUT2D eigenvalue weighted by atomic mass is 16.5. The van der Waals surface area contributed by atoms with Crippen LogP contribution in [0.1, 0.15) is 39.5 Å². The molecule has 0 spiro atoms. The monoisotopic (exact) mass is 174 g/mol. The lowest BCUT2D eigenvalue weighted by atomic mass is 10.1. The Morgan fingerprint density at radius 1 is 1.17 bits per heavy atom. The summed E-state index contributed by atoms with van der Waals surface area (Å²) in [6, 6.07) is 0. The molecule has 0 rings (SSSR count). The van der Waals surface area contributed by atoms with Crippen molar-refractivity contribution in [2.75, 3.05) is 14.2 Å². The lowest BCUT2D eigenvalue weighted by Gasteiger charge is -2.18. The maximum absolute atomic E-state index is 5.34. The van der Waals surface area contributed by atoms with Crippen molar-refractivity contribution in [1.82, 2.24) is 0 Å². The summed E-state index contributed by atoms with van der Waals surface area (Å²) in [6.45, 7) is 4.28. The molecule has 0 aliphatic heterocycles. The van der Waals surface area contributed by atoms with Gasteiger partial charge in [0.05, 0.1) is 12.2 Å². The Balaban J connectivity index is 3.51. The quantitative estimate of drug-likeness (QED) is 0.590. The molecule has 0 saturated carbocycles. The Kier molecular flexibility index (Phi) is 7.51. The van der Waals surface area contributed by atoms with Gasteiger partial charge in [0.2, 0.25) is 0 Å². The molecule has 2 atom stereocenters. The zero-order valence-corrected chi connectivity index (χ0v) is 8.80. The molecule has 12 heavy (non-hydrogen) atoms. The number of rotatable bonds is 7. The molecule has 2 unspecified atom stereocenters. The third-order valence-electron chi connectivity index (χ3n) is 2.21. The van der Waals surface area contributed by atoms with Crippen LogP contribution in [0.25, 0.3) is 0 Å². The zero-order valence-electron chi connectivity index (χ0n) is 8.80. The van der Waals surface area contributed by atoms with Gasteiger partial charge in [0.25, 0.3) is 0 Å². The van der Waals surface area contributed by atoms with Crippen molar-refractivity contribution in [2.24, 2.45) is 0 Å². The summed E-state index contributed by atoms with van der Waals surface area (Å²) in [6.07, 6.45) is 5.33. The standard InChI is InChI=1S/C10H22O2/c1-5-6-7-10(12-4)8-9(2)11-3/h9-10H,5-8H2,1-4H3. The van der Waals surface area contributed by atoms with E-state index in [0.717, 1.165) is 12.8 Å². The molecule has 0 radical (unpaired) electrons. The van der Waals surface area contributed by atoms with E-state index in [1.54, 1.807) is 14.2 Å². The lowest BCUT2D eigenvalue weighted by Crippen LogP contribution is -2.18. The smallest absolute Gasteiger partial charge is 0.0596 e. The van der Waals surface area contributed by atoms with Crippen LogP contribution in [0, 0.1) is 0 Å². The van der Waals surface area contributed by atoms with Gasteiger partial charge in [0.1, 0.15) is 0 Å². The molecule has 0 heterocycles. The van der Waals surface area contributed by atoms with Crippen molar-refractivity contribution >= 4 is 0 Å². The number of methoxy groups -OCH3 is 2. The van der Waals surface area contributed by atoms with E-state index in [-0.39, 0.29) is 0 Å². The third kappa shape index (κ3) is 5.56. The van der Waals surface area contributed by atoms with Gasteiger partial charge in [0, 0.05) is 14.2 Å². The Labute approximate surface area is 76.3 Å². The molecular formula is C10H22O2. The van der Waals surface area contributed by atoms with Crippen LogP contribution in [0.2, 0.25) is 0 Å². The first-order chi connectivity index (χ1) is 5.74. The van der Waals surface area contributed by atoms with E-state index in [1.165, 1.54) is 12.8 Å². The summed E-state index contributed by atoms with van der Waals surface area (Å²) in [5.41, 5.74) is 0. The number of ether oxygens (including phenoxy) is 2. The molecule has 0 aromatic rings. The minimum atomic E-state index is 0.312. The molecule has 0 amide bonds. The van der Waals surface area contributed by atoms with Gasteiger partial charge >= 0.3 is 0 Å². The number of unbranched alkanes of at least 4 members (excludes halogenated alkanes) is 1. The lowest BCUT2D eigenvalue weighted by molar-refractivity contribution is 0.0258. The van der Waals surface area contributed by atoms with Crippen LogP contribution in [0.15, 0.2) is 0 Å². The molecule has 2 heteroatoms. The molecule has 0 N–H and O–H groups in total. The van der Waals surface area contributed by atoms with Crippen LogP contribution < -0.4 is 0 Å². The van der Waals surface area contributed by atoms with Crippen molar-refractivity contribution < 1.29 is 9.47 Å². The first-order valence-corrected chi connectivity index (χ1v) is 4.80. The van der Waals surface area contributed by atoms with Crippen LogP contribution in [0.5, 0.6) is 0 Å². The maximum atomic E-state index is 5.34. The summed E-state index contributed by atoms with van der Waals surface area (Å²) < 4.78 is 10.5. The van der Waals surface area contributed by atoms with Crippen LogP contribution >= 0.6 is 0 Å². The van der Waals surface area contributed by atoms with Gasteiger partial charge in [0.15, 0.2) is 0 Å². The summed E-state index contributed by atoms with van der Waals surface area (Å²) in [5, 5.41) is 0. The van der Waals surface area contributed by atoms with E-state index in [2.05, 4.69) is 13.8 Å². The van der Waals surface area contributed by atoms with Gasteiger partial charge < -0.3 is 9.47 Å². The first-order valence-electron chi connectivity index (χ1n) is 4.80. The van der Waals surface area contributed by atoms with Gasteiger partial charge in [-0.1, -0.05) is 19.8 Å². The Hall–Kier alpha value is -0.0800. The van der Waals surface area contributed by atoms with Crippen molar-refractivity contribution in [3.05, 3.63) is 0 Å². The molecule has 0 aliphatic rings. The van der Waals surface area contributed by atoms with Gasteiger partial charge in [-0.2, -0.15) is 0 Å². The minimum Gasteiger partial charge on any atom is -0.382 e. The predicted octanol–water partition coefficient (Wildman–Crippen LogP) is 2.62. The molecule has 0 saturated heterocycles. The topological polar surface area (TPSA) is 18.5 Å². The molecule has 2 nitrogen and oxygen atoms in total. The molecule has 0 aromatic heterocycles. The zero-order chi connectivity index (χ0) is 9.40. The molecule has 0 fully saturated rings. The van der Waals surface area contributed by atoms with Crippen molar-refractivity contribution in [3.8, 4) is 0 Å².